The van der Waals surface area contributed by atoms with Gasteiger partial charge in [0.1, 0.15) is 0 Å². The Kier molecular flexibility index (Phi) is 2.79. The standard InChI is InChI=1S/C11H17N3/c1-2-9(14-12)11-7-6-8-4-3-5-10(8)13-11/h6-7,9,14H,2-5,12H2,1H3. The fraction of sp³-hybridized carbons (Fsp3) is 0.545. The minimum Gasteiger partial charge on any atom is -0.271 e. The molecule has 0 saturated carbocycles. The number of nitrogens with one attached hydrogen (secondary N) is 1. The van der Waals surface area contributed by atoms with Crippen LogP contribution in [0, 0.1) is 0 Å². The number of aryl methyl sites for hydroxylation is 2. The Hall–Kier alpha value is -0.930. The van der Waals surface area contributed by atoms with Crippen LogP contribution in [0.3, 0.4) is 0 Å². The minimum atomic E-state index is 0.195. The number of hydrogen-bond acceptors (Lipinski definition) is 3. The highest BCUT2D eigenvalue weighted by atomic mass is 15.2. The number of hydrogen-bond donors (Lipinski definition) is 2. The summed E-state index contributed by atoms with van der Waals surface area (Å²) in [6.07, 6.45) is 4.54. The normalized spacial score (nSPS) is 16.7. The topological polar surface area (TPSA) is 50.9 Å². The Labute approximate surface area is 84.7 Å². The average molecular weight is 191 g/mol. The molecule has 1 aromatic heterocycles. The summed E-state index contributed by atoms with van der Waals surface area (Å²) < 4.78 is 0. The maximum absolute atomic E-state index is 5.47. The lowest BCUT2D eigenvalue weighted by atomic mass is 10.1. The highest BCUT2D eigenvalue weighted by molar-refractivity contribution is 5.28. The van der Waals surface area contributed by atoms with Gasteiger partial charge in [0.2, 0.25) is 0 Å². The Morgan fingerprint density at radius 2 is 2.36 bits per heavy atom. The first-order valence-corrected chi connectivity index (χ1v) is 5.30. The second-order valence-electron chi connectivity index (χ2n) is 3.82. The van der Waals surface area contributed by atoms with Crippen LogP contribution in [0.15, 0.2) is 12.1 Å². The third kappa shape index (κ3) is 1.65. The Bertz CT molecular complexity index is 318. The second-order valence-corrected chi connectivity index (χ2v) is 3.82. The van der Waals surface area contributed by atoms with Crippen molar-refractivity contribution in [2.24, 2.45) is 5.84 Å². The van der Waals surface area contributed by atoms with Crippen molar-refractivity contribution in [3.8, 4) is 0 Å². The molecule has 1 aliphatic carbocycles. The molecular weight excluding hydrogens is 174 g/mol. The summed E-state index contributed by atoms with van der Waals surface area (Å²) >= 11 is 0. The molecule has 0 aromatic carbocycles. The number of fused-ring (bicyclic) bond motifs is 1. The monoisotopic (exact) mass is 191 g/mol. The van der Waals surface area contributed by atoms with Crippen molar-refractivity contribution >= 4 is 0 Å². The van der Waals surface area contributed by atoms with Gasteiger partial charge >= 0.3 is 0 Å². The van der Waals surface area contributed by atoms with Crippen molar-refractivity contribution in [1.82, 2.24) is 10.4 Å². The van der Waals surface area contributed by atoms with Crippen molar-refractivity contribution < 1.29 is 0 Å². The van der Waals surface area contributed by atoms with E-state index in [1.165, 1.54) is 24.1 Å². The van der Waals surface area contributed by atoms with Gasteiger partial charge < -0.3 is 0 Å². The maximum atomic E-state index is 5.47. The van der Waals surface area contributed by atoms with Crippen molar-refractivity contribution in [3.63, 3.8) is 0 Å². The molecule has 3 nitrogen and oxygen atoms in total. The number of hydrazine groups is 1. The fourth-order valence-electron chi connectivity index (χ4n) is 2.04. The number of nitrogens with zero attached hydrogens (tertiary/aromatic N) is 1. The summed E-state index contributed by atoms with van der Waals surface area (Å²) in [5.41, 5.74) is 6.57. The third-order valence-electron chi connectivity index (χ3n) is 2.92. The lowest BCUT2D eigenvalue weighted by molar-refractivity contribution is 0.524. The van der Waals surface area contributed by atoms with Crippen molar-refractivity contribution in [2.75, 3.05) is 0 Å². The van der Waals surface area contributed by atoms with Gasteiger partial charge in [-0.2, -0.15) is 0 Å². The molecule has 76 valence electrons. The number of rotatable bonds is 3. The molecule has 3 heteroatoms. The molecule has 0 fully saturated rings. The lowest BCUT2D eigenvalue weighted by Gasteiger charge is -2.13. The summed E-state index contributed by atoms with van der Waals surface area (Å²) in [7, 11) is 0. The SMILES string of the molecule is CCC(NN)c1ccc2c(n1)CCC2. The van der Waals surface area contributed by atoms with Crippen LogP contribution in [-0.4, -0.2) is 4.98 Å². The van der Waals surface area contributed by atoms with Crippen LogP contribution in [0.1, 0.15) is 42.8 Å². The van der Waals surface area contributed by atoms with Crippen LogP contribution in [0.5, 0.6) is 0 Å². The quantitative estimate of drug-likeness (QED) is 0.562. The summed E-state index contributed by atoms with van der Waals surface area (Å²) in [5.74, 6) is 5.47. The van der Waals surface area contributed by atoms with E-state index in [1.54, 1.807) is 0 Å². The summed E-state index contributed by atoms with van der Waals surface area (Å²) in [6, 6.07) is 4.49. The molecule has 14 heavy (non-hydrogen) atoms. The predicted octanol–water partition coefficient (Wildman–Crippen LogP) is 1.48. The van der Waals surface area contributed by atoms with Crippen LogP contribution < -0.4 is 11.3 Å². The molecule has 0 bridgehead atoms. The molecule has 1 aliphatic rings. The van der Waals surface area contributed by atoms with Gasteiger partial charge in [0, 0.05) is 5.69 Å². The molecule has 1 heterocycles. The summed E-state index contributed by atoms with van der Waals surface area (Å²) in [4.78, 5) is 4.65. The number of aromatic nitrogens is 1. The van der Waals surface area contributed by atoms with Crippen LogP contribution in [0.2, 0.25) is 0 Å². The van der Waals surface area contributed by atoms with Crippen LogP contribution in [-0.2, 0) is 12.8 Å². The van der Waals surface area contributed by atoms with E-state index in [2.05, 4.69) is 29.5 Å². The second kappa shape index (κ2) is 4.07. The largest absolute Gasteiger partial charge is 0.271 e. The molecule has 0 spiro atoms. The molecular formula is C11H17N3. The van der Waals surface area contributed by atoms with Gasteiger partial charge in [-0.3, -0.25) is 16.3 Å². The van der Waals surface area contributed by atoms with E-state index >= 15 is 0 Å². The fourth-order valence-corrected chi connectivity index (χ4v) is 2.04. The van der Waals surface area contributed by atoms with Crippen molar-refractivity contribution in [1.29, 1.82) is 0 Å². The minimum absolute atomic E-state index is 0.195. The van der Waals surface area contributed by atoms with Crippen LogP contribution in [0.25, 0.3) is 0 Å². The van der Waals surface area contributed by atoms with E-state index in [-0.39, 0.29) is 6.04 Å². The van der Waals surface area contributed by atoms with Gasteiger partial charge in [0.15, 0.2) is 0 Å². The zero-order chi connectivity index (χ0) is 9.97. The van der Waals surface area contributed by atoms with Crippen LogP contribution >= 0.6 is 0 Å². The Morgan fingerprint density at radius 3 is 3.07 bits per heavy atom. The molecule has 1 unspecified atom stereocenters. The predicted molar refractivity (Wildman–Crippen MR) is 56.6 cm³/mol. The zero-order valence-corrected chi connectivity index (χ0v) is 8.59. The number of nitrogens with two attached hydrogens (primary N) is 1. The molecule has 3 N–H and O–H groups in total. The Morgan fingerprint density at radius 1 is 1.50 bits per heavy atom. The van der Waals surface area contributed by atoms with Gasteiger partial charge in [0.05, 0.1) is 11.7 Å². The van der Waals surface area contributed by atoms with Gasteiger partial charge in [0.25, 0.3) is 0 Å². The molecule has 2 rings (SSSR count). The summed E-state index contributed by atoms with van der Waals surface area (Å²) in [6.45, 7) is 2.11. The highest BCUT2D eigenvalue weighted by Crippen LogP contribution is 2.22. The van der Waals surface area contributed by atoms with Crippen molar-refractivity contribution in [2.45, 2.75) is 38.6 Å². The first-order chi connectivity index (χ1) is 6.85. The molecule has 0 radical (unpaired) electrons. The van der Waals surface area contributed by atoms with E-state index in [9.17, 15) is 0 Å². The van der Waals surface area contributed by atoms with E-state index in [0.717, 1.165) is 18.5 Å². The van der Waals surface area contributed by atoms with Crippen molar-refractivity contribution in [3.05, 3.63) is 29.1 Å². The van der Waals surface area contributed by atoms with E-state index in [0.29, 0.717) is 0 Å². The molecule has 0 amide bonds. The third-order valence-corrected chi connectivity index (χ3v) is 2.92. The smallest absolute Gasteiger partial charge is 0.0629 e. The highest BCUT2D eigenvalue weighted by Gasteiger charge is 2.15. The molecule has 1 atom stereocenters. The first kappa shape index (κ1) is 9.62. The van der Waals surface area contributed by atoms with Gasteiger partial charge in [-0.05, 0) is 37.3 Å². The van der Waals surface area contributed by atoms with Crippen LogP contribution in [0.4, 0.5) is 0 Å². The summed E-state index contributed by atoms with van der Waals surface area (Å²) in [5, 5.41) is 0. The zero-order valence-electron chi connectivity index (χ0n) is 8.59. The maximum Gasteiger partial charge on any atom is 0.0629 e. The lowest BCUT2D eigenvalue weighted by Crippen LogP contribution is -2.28. The van der Waals surface area contributed by atoms with Gasteiger partial charge in [-0.15, -0.1) is 0 Å². The average Bonchev–Trinajstić information content (AvgIpc) is 2.66. The number of pyridine rings is 1. The first-order valence-electron chi connectivity index (χ1n) is 5.30. The molecule has 0 saturated heterocycles. The molecule has 0 aliphatic heterocycles. The van der Waals surface area contributed by atoms with E-state index < -0.39 is 0 Å². The van der Waals surface area contributed by atoms with Gasteiger partial charge in [-0.25, -0.2) is 0 Å². The van der Waals surface area contributed by atoms with E-state index in [4.69, 9.17) is 5.84 Å². The van der Waals surface area contributed by atoms with E-state index in [1.807, 2.05) is 0 Å². The molecule has 1 aromatic rings. The van der Waals surface area contributed by atoms with Gasteiger partial charge in [-0.1, -0.05) is 13.0 Å². The Balaban J connectivity index is 2.27.